The van der Waals surface area contributed by atoms with Crippen LogP contribution in [0.5, 0.6) is 0 Å². The fraction of sp³-hybridized carbons (Fsp3) is 0.933. The molecule has 0 aromatic heterocycles. The highest BCUT2D eigenvalue weighted by molar-refractivity contribution is 5.91. The van der Waals surface area contributed by atoms with Crippen molar-refractivity contribution in [1.29, 1.82) is 0 Å². The lowest BCUT2D eigenvalue weighted by molar-refractivity contribution is -0.131. The van der Waals surface area contributed by atoms with Gasteiger partial charge in [-0.2, -0.15) is 0 Å². The van der Waals surface area contributed by atoms with Gasteiger partial charge in [0, 0.05) is 6.54 Å². The van der Waals surface area contributed by atoms with Crippen molar-refractivity contribution in [2.75, 3.05) is 6.54 Å². The molecular formula is C15H28N2O. The van der Waals surface area contributed by atoms with E-state index in [1.807, 2.05) is 0 Å². The second-order valence-electron chi connectivity index (χ2n) is 7.26. The van der Waals surface area contributed by atoms with Crippen molar-refractivity contribution in [3.05, 3.63) is 0 Å². The molecule has 0 aromatic rings. The van der Waals surface area contributed by atoms with Gasteiger partial charge in [-0.25, -0.2) is 0 Å². The van der Waals surface area contributed by atoms with Crippen LogP contribution in [0.3, 0.4) is 0 Å². The average Bonchev–Trinajstić information content (AvgIpc) is 2.99. The first-order valence-electron chi connectivity index (χ1n) is 7.39. The van der Waals surface area contributed by atoms with Gasteiger partial charge in [0.25, 0.3) is 0 Å². The molecule has 1 aliphatic carbocycles. The van der Waals surface area contributed by atoms with E-state index in [1.165, 1.54) is 0 Å². The highest BCUT2D eigenvalue weighted by atomic mass is 16.2. The van der Waals surface area contributed by atoms with Crippen molar-refractivity contribution in [2.45, 2.75) is 72.0 Å². The van der Waals surface area contributed by atoms with Gasteiger partial charge in [0.15, 0.2) is 0 Å². The van der Waals surface area contributed by atoms with Crippen LogP contribution in [0.25, 0.3) is 0 Å². The summed E-state index contributed by atoms with van der Waals surface area (Å²) in [7, 11) is 0. The average molecular weight is 252 g/mol. The zero-order chi connectivity index (χ0) is 13.6. The van der Waals surface area contributed by atoms with Crippen molar-refractivity contribution in [2.24, 2.45) is 11.3 Å². The number of nitrogens with zero attached hydrogens (tertiary/aromatic N) is 1. The molecule has 2 rings (SSSR count). The van der Waals surface area contributed by atoms with Crippen LogP contribution in [0.15, 0.2) is 0 Å². The highest BCUT2D eigenvalue weighted by Crippen LogP contribution is 2.43. The van der Waals surface area contributed by atoms with Crippen molar-refractivity contribution in [3.63, 3.8) is 0 Å². The SMILES string of the molecule is CCCC1NC2(CC2)C(=O)N1CC(C)C(C)(C)C. The van der Waals surface area contributed by atoms with Gasteiger partial charge in [-0.3, -0.25) is 10.1 Å². The van der Waals surface area contributed by atoms with E-state index in [2.05, 4.69) is 44.8 Å². The number of hydrogen-bond donors (Lipinski definition) is 1. The molecule has 1 saturated heterocycles. The maximum atomic E-state index is 12.5. The molecular weight excluding hydrogens is 224 g/mol. The molecule has 1 saturated carbocycles. The third kappa shape index (κ3) is 2.42. The minimum Gasteiger partial charge on any atom is -0.325 e. The van der Waals surface area contributed by atoms with Gasteiger partial charge in [0.05, 0.1) is 11.7 Å². The summed E-state index contributed by atoms with van der Waals surface area (Å²) in [5.41, 5.74) is 0.105. The van der Waals surface area contributed by atoms with Gasteiger partial charge in [-0.15, -0.1) is 0 Å². The molecule has 1 amide bonds. The third-order valence-corrected chi connectivity index (χ3v) is 4.75. The smallest absolute Gasteiger partial charge is 0.244 e. The summed E-state index contributed by atoms with van der Waals surface area (Å²) in [6, 6.07) is 0. The van der Waals surface area contributed by atoms with E-state index < -0.39 is 0 Å². The number of hydrogen-bond acceptors (Lipinski definition) is 2. The van der Waals surface area contributed by atoms with E-state index in [9.17, 15) is 4.79 Å². The highest BCUT2D eigenvalue weighted by Gasteiger charge is 2.58. The van der Waals surface area contributed by atoms with Gasteiger partial charge in [-0.05, 0) is 30.6 Å². The Bertz CT molecular complexity index is 328. The lowest BCUT2D eigenvalue weighted by atomic mass is 9.81. The lowest BCUT2D eigenvalue weighted by Crippen LogP contribution is -2.42. The minimum absolute atomic E-state index is 0.155. The molecule has 1 heterocycles. The van der Waals surface area contributed by atoms with E-state index in [4.69, 9.17) is 0 Å². The molecule has 1 aliphatic heterocycles. The number of amides is 1. The Morgan fingerprint density at radius 2 is 2.06 bits per heavy atom. The molecule has 0 bridgehead atoms. The topological polar surface area (TPSA) is 32.3 Å². The molecule has 2 aliphatic rings. The predicted octanol–water partition coefficient (Wildman–Crippen LogP) is 2.76. The number of carbonyl (C=O) groups is 1. The molecule has 0 radical (unpaired) electrons. The fourth-order valence-corrected chi connectivity index (χ4v) is 2.64. The van der Waals surface area contributed by atoms with Crippen molar-refractivity contribution in [1.82, 2.24) is 10.2 Å². The summed E-state index contributed by atoms with van der Waals surface area (Å²) in [5.74, 6) is 0.883. The Balaban J connectivity index is 2.06. The Morgan fingerprint density at radius 3 is 2.50 bits per heavy atom. The first-order chi connectivity index (χ1) is 8.30. The summed E-state index contributed by atoms with van der Waals surface area (Å²) in [5, 5.41) is 3.58. The second-order valence-corrected chi connectivity index (χ2v) is 7.26. The van der Waals surface area contributed by atoms with E-state index in [-0.39, 0.29) is 17.1 Å². The van der Waals surface area contributed by atoms with Crippen molar-refractivity contribution in [3.8, 4) is 0 Å². The molecule has 2 atom stereocenters. The van der Waals surface area contributed by atoms with Crippen LogP contribution in [-0.4, -0.2) is 29.1 Å². The quantitative estimate of drug-likeness (QED) is 0.834. The lowest BCUT2D eigenvalue weighted by Gasteiger charge is -2.33. The zero-order valence-corrected chi connectivity index (χ0v) is 12.5. The normalized spacial score (nSPS) is 27.9. The van der Waals surface area contributed by atoms with Crippen LogP contribution in [0.2, 0.25) is 0 Å². The molecule has 2 unspecified atom stereocenters. The molecule has 3 heteroatoms. The summed E-state index contributed by atoms with van der Waals surface area (Å²) >= 11 is 0. The molecule has 1 N–H and O–H groups in total. The Hall–Kier alpha value is -0.570. The van der Waals surface area contributed by atoms with Gasteiger partial charge in [0.2, 0.25) is 5.91 Å². The van der Waals surface area contributed by atoms with Crippen molar-refractivity contribution >= 4 is 5.91 Å². The fourth-order valence-electron chi connectivity index (χ4n) is 2.64. The summed E-state index contributed by atoms with van der Waals surface area (Å²) in [6.07, 6.45) is 4.54. The van der Waals surface area contributed by atoms with Gasteiger partial charge < -0.3 is 4.90 Å². The van der Waals surface area contributed by atoms with Crippen LogP contribution >= 0.6 is 0 Å². The number of nitrogens with one attached hydrogen (secondary N) is 1. The Labute approximate surface area is 111 Å². The zero-order valence-electron chi connectivity index (χ0n) is 12.5. The summed E-state index contributed by atoms with van der Waals surface area (Å²) in [6.45, 7) is 12.1. The molecule has 0 aromatic carbocycles. The molecule has 3 nitrogen and oxygen atoms in total. The Morgan fingerprint density at radius 1 is 1.44 bits per heavy atom. The van der Waals surface area contributed by atoms with Crippen LogP contribution in [0, 0.1) is 11.3 Å². The second kappa shape index (κ2) is 4.52. The molecule has 2 fully saturated rings. The van der Waals surface area contributed by atoms with Crippen LogP contribution in [0.4, 0.5) is 0 Å². The van der Waals surface area contributed by atoms with Crippen molar-refractivity contribution < 1.29 is 4.79 Å². The molecule has 1 spiro atoms. The summed E-state index contributed by atoms with van der Waals surface area (Å²) in [4.78, 5) is 14.6. The standard InChI is InChI=1S/C15H28N2O/c1-6-7-12-16-15(8-9-15)13(18)17(12)10-11(2)14(3,4)5/h11-12,16H,6-10H2,1-5H3. The van der Waals surface area contributed by atoms with Crippen LogP contribution in [0.1, 0.15) is 60.3 Å². The monoisotopic (exact) mass is 252 g/mol. The van der Waals surface area contributed by atoms with Gasteiger partial charge in [-0.1, -0.05) is 41.0 Å². The first-order valence-corrected chi connectivity index (χ1v) is 7.39. The van der Waals surface area contributed by atoms with Crippen LogP contribution in [-0.2, 0) is 4.79 Å². The summed E-state index contributed by atoms with van der Waals surface area (Å²) < 4.78 is 0. The predicted molar refractivity (Wildman–Crippen MR) is 74.1 cm³/mol. The maximum Gasteiger partial charge on any atom is 0.244 e. The number of rotatable bonds is 4. The third-order valence-electron chi connectivity index (χ3n) is 4.75. The first kappa shape index (κ1) is 13.9. The van der Waals surface area contributed by atoms with E-state index in [0.29, 0.717) is 11.8 Å². The van der Waals surface area contributed by atoms with E-state index >= 15 is 0 Å². The largest absolute Gasteiger partial charge is 0.325 e. The molecule has 104 valence electrons. The number of carbonyl (C=O) groups excluding carboxylic acids is 1. The van der Waals surface area contributed by atoms with Gasteiger partial charge >= 0.3 is 0 Å². The minimum atomic E-state index is -0.155. The Kier molecular flexibility index (Phi) is 3.48. The van der Waals surface area contributed by atoms with Crippen LogP contribution < -0.4 is 5.32 Å². The maximum absolute atomic E-state index is 12.5. The van der Waals surface area contributed by atoms with E-state index in [0.717, 1.165) is 32.2 Å². The van der Waals surface area contributed by atoms with Gasteiger partial charge in [0.1, 0.15) is 0 Å². The molecule has 18 heavy (non-hydrogen) atoms. The van der Waals surface area contributed by atoms with E-state index in [1.54, 1.807) is 0 Å².